The molecule has 0 amide bonds. The molecule has 0 rings (SSSR count). The monoisotopic (exact) mass is 213 g/mol. The van der Waals surface area contributed by atoms with E-state index in [0.29, 0.717) is 6.04 Å². The van der Waals surface area contributed by atoms with Crippen LogP contribution in [0.5, 0.6) is 0 Å². The maximum atomic E-state index is 6.32. The Hall–Kier alpha value is -0.0400. The fourth-order valence-corrected chi connectivity index (χ4v) is 2.40. The second-order valence-electron chi connectivity index (χ2n) is 5.00. The van der Waals surface area contributed by atoms with Gasteiger partial charge in [0.2, 0.25) is 0 Å². The Morgan fingerprint density at radius 1 is 0.933 bits per heavy atom. The Bertz CT molecular complexity index is 133. The normalized spacial score (nSPS) is 17.4. The zero-order valence-electron chi connectivity index (χ0n) is 11.3. The van der Waals surface area contributed by atoms with E-state index in [0.717, 1.165) is 11.8 Å². The molecule has 0 radical (unpaired) electrons. The lowest BCUT2D eigenvalue weighted by Crippen LogP contribution is -2.34. The molecule has 0 aliphatic rings. The van der Waals surface area contributed by atoms with Crippen molar-refractivity contribution in [1.29, 1.82) is 0 Å². The van der Waals surface area contributed by atoms with Crippen LogP contribution >= 0.6 is 0 Å². The summed E-state index contributed by atoms with van der Waals surface area (Å²) in [5, 5.41) is 0. The number of unbranched alkanes of at least 4 members (excludes halogenated alkanes) is 2. The van der Waals surface area contributed by atoms with E-state index in [1.165, 1.54) is 44.9 Å². The Balaban J connectivity index is 3.97. The van der Waals surface area contributed by atoms with Gasteiger partial charge >= 0.3 is 0 Å². The number of rotatable bonds is 9. The largest absolute Gasteiger partial charge is 0.327 e. The van der Waals surface area contributed by atoms with Crippen molar-refractivity contribution in [3.8, 4) is 0 Å². The van der Waals surface area contributed by atoms with Crippen LogP contribution in [-0.4, -0.2) is 6.04 Å². The summed E-state index contributed by atoms with van der Waals surface area (Å²) in [6.45, 7) is 9.17. The van der Waals surface area contributed by atoms with Gasteiger partial charge in [-0.3, -0.25) is 0 Å². The van der Waals surface area contributed by atoms with Crippen LogP contribution in [0.2, 0.25) is 0 Å². The standard InChI is InChI=1S/C14H31N/c1-5-8-9-11-14(15)13(10-6-2)12(4)7-3/h12-14H,5-11,15H2,1-4H3. The van der Waals surface area contributed by atoms with Gasteiger partial charge in [-0.2, -0.15) is 0 Å². The molecule has 0 aromatic rings. The SMILES string of the molecule is CCCCCC(N)C(CCC)C(C)CC. The van der Waals surface area contributed by atoms with Gasteiger partial charge in [0, 0.05) is 6.04 Å². The molecule has 1 heteroatoms. The number of nitrogens with two attached hydrogens (primary N) is 1. The molecule has 15 heavy (non-hydrogen) atoms. The zero-order valence-corrected chi connectivity index (χ0v) is 11.3. The van der Waals surface area contributed by atoms with E-state index in [4.69, 9.17) is 5.73 Å². The molecule has 92 valence electrons. The molecular weight excluding hydrogens is 182 g/mol. The maximum absolute atomic E-state index is 6.32. The van der Waals surface area contributed by atoms with Crippen molar-refractivity contribution in [2.24, 2.45) is 17.6 Å². The fraction of sp³-hybridized carbons (Fsp3) is 1.00. The van der Waals surface area contributed by atoms with E-state index >= 15 is 0 Å². The van der Waals surface area contributed by atoms with E-state index in [2.05, 4.69) is 27.7 Å². The summed E-state index contributed by atoms with van der Waals surface area (Å²) in [6, 6.07) is 0.437. The Morgan fingerprint density at radius 3 is 2.07 bits per heavy atom. The van der Waals surface area contributed by atoms with Crippen LogP contribution in [-0.2, 0) is 0 Å². The third-order valence-electron chi connectivity index (χ3n) is 3.69. The summed E-state index contributed by atoms with van der Waals surface area (Å²) in [5.41, 5.74) is 6.32. The highest BCUT2D eigenvalue weighted by Gasteiger charge is 2.21. The minimum absolute atomic E-state index is 0.437. The van der Waals surface area contributed by atoms with Crippen molar-refractivity contribution >= 4 is 0 Å². The van der Waals surface area contributed by atoms with E-state index in [1.54, 1.807) is 0 Å². The van der Waals surface area contributed by atoms with E-state index < -0.39 is 0 Å². The van der Waals surface area contributed by atoms with Gasteiger partial charge in [0.15, 0.2) is 0 Å². The molecule has 0 aromatic carbocycles. The van der Waals surface area contributed by atoms with Gasteiger partial charge in [0.1, 0.15) is 0 Å². The summed E-state index contributed by atoms with van der Waals surface area (Å²) in [5.74, 6) is 1.54. The summed E-state index contributed by atoms with van der Waals surface area (Å²) in [6.07, 6.45) is 9.03. The molecule has 0 bridgehead atoms. The summed E-state index contributed by atoms with van der Waals surface area (Å²) in [4.78, 5) is 0. The first kappa shape index (κ1) is 15.0. The third-order valence-corrected chi connectivity index (χ3v) is 3.69. The lowest BCUT2D eigenvalue weighted by Gasteiger charge is -2.28. The molecule has 0 aliphatic carbocycles. The Kier molecular flexibility index (Phi) is 9.18. The van der Waals surface area contributed by atoms with Crippen molar-refractivity contribution in [1.82, 2.24) is 0 Å². The van der Waals surface area contributed by atoms with Crippen LogP contribution < -0.4 is 5.73 Å². The molecule has 3 atom stereocenters. The van der Waals surface area contributed by atoms with Crippen LogP contribution in [0.4, 0.5) is 0 Å². The van der Waals surface area contributed by atoms with Crippen molar-refractivity contribution in [3.05, 3.63) is 0 Å². The highest BCUT2D eigenvalue weighted by Crippen LogP contribution is 2.25. The molecule has 0 spiro atoms. The van der Waals surface area contributed by atoms with Gasteiger partial charge in [-0.25, -0.2) is 0 Å². The molecule has 0 aromatic heterocycles. The predicted molar refractivity (Wildman–Crippen MR) is 70.0 cm³/mol. The zero-order chi connectivity index (χ0) is 11.7. The van der Waals surface area contributed by atoms with Gasteiger partial charge in [-0.15, -0.1) is 0 Å². The van der Waals surface area contributed by atoms with Crippen molar-refractivity contribution < 1.29 is 0 Å². The summed E-state index contributed by atoms with van der Waals surface area (Å²) < 4.78 is 0. The van der Waals surface area contributed by atoms with Crippen molar-refractivity contribution in [3.63, 3.8) is 0 Å². The Labute approximate surface area is 96.8 Å². The minimum Gasteiger partial charge on any atom is -0.327 e. The van der Waals surface area contributed by atoms with Crippen LogP contribution in [0.1, 0.15) is 72.6 Å². The highest BCUT2D eigenvalue weighted by molar-refractivity contribution is 4.76. The van der Waals surface area contributed by atoms with Gasteiger partial charge < -0.3 is 5.73 Å². The van der Waals surface area contributed by atoms with Crippen LogP contribution in [0.15, 0.2) is 0 Å². The highest BCUT2D eigenvalue weighted by atomic mass is 14.7. The van der Waals surface area contributed by atoms with Crippen LogP contribution in [0.25, 0.3) is 0 Å². The predicted octanol–water partition coefficient (Wildman–Crippen LogP) is 4.36. The molecule has 2 N–H and O–H groups in total. The van der Waals surface area contributed by atoms with Gasteiger partial charge in [-0.1, -0.05) is 59.8 Å². The molecule has 0 aliphatic heterocycles. The molecular formula is C14H31N. The quantitative estimate of drug-likeness (QED) is 0.566. The van der Waals surface area contributed by atoms with E-state index in [-0.39, 0.29) is 0 Å². The second-order valence-corrected chi connectivity index (χ2v) is 5.00. The van der Waals surface area contributed by atoms with E-state index in [9.17, 15) is 0 Å². The molecule has 0 saturated carbocycles. The molecule has 3 unspecified atom stereocenters. The number of hydrogen-bond acceptors (Lipinski definition) is 1. The minimum atomic E-state index is 0.437. The lowest BCUT2D eigenvalue weighted by atomic mass is 9.81. The molecule has 0 fully saturated rings. The topological polar surface area (TPSA) is 26.0 Å². The first-order valence-corrected chi connectivity index (χ1v) is 6.92. The summed E-state index contributed by atoms with van der Waals surface area (Å²) in [7, 11) is 0. The maximum Gasteiger partial charge on any atom is 0.00697 e. The summed E-state index contributed by atoms with van der Waals surface area (Å²) >= 11 is 0. The van der Waals surface area contributed by atoms with Gasteiger partial charge in [0.05, 0.1) is 0 Å². The first-order chi connectivity index (χ1) is 7.17. The van der Waals surface area contributed by atoms with Crippen LogP contribution in [0, 0.1) is 11.8 Å². The third kappa shape index (κ3) is 6.19. The smallest absolute Gasteiger partial charge is 0.00697 e. The van der Waals surface area contributed by atoms with Crippen molar-refractivity contribution in [2.45, 2.75) is 78.7 Å². The van der Waals surface area contributed by atoms with Gasteiger partial charge in [-0.05, 0) is 24.7 Å². The average molecular weight is 213 g/mol. The molecule has 1 nitrogen and oxygen atoms in total. The number of hydrogen-bond donors (Lipinski definition) is 1. The molecule has 0 saturated heterocycles. The van der Waals surface area contributed by atoms with E-state index in [1.807, 2.05) is 0 Å². The average Bonchev–Trinajstić information content (AvgIpc) is 2.25. The second kappa shape index (κ2) is 9.21. The molecule has 0 heterocycles. The fourth-order valence-electron chi connectivity index (χ4n) is 2.40. The Morgan fingerprint density at radius 2 is 1.60 bits per heavy atom. The van der Waals surface area contributed by atoms with Crippen molar-refractivity contribution in [2.75, 3.05) is 0 Å². The van der Waals surface area contributed by atoms with Crippen LogP contribution in [0.3, 0.4) is 0 Å². The lowest BCUT2D eigenvalue weighted by molar-refractivity contribution is 0.259. The first-order valence-electron chi connectivity index (χ1n) is 6.92. The van der Waals surface area contributed by atoms with Gasteiger partial charge in [0.25, 0.3) is 0 Å².